The number of nitro benzene ring substituents is 1. The summed E-state index contributed by atoms with van der Waals surface area (Å²) in [6.07, 6.45) is -0.778. The predicted octanol–water partition coefficient (Wildman–Crippen LogP) is 3.72. The molecular weight excluding hydrogens is 362 g/mol. The molecule has 28 heavy (non-hydrogen) atoms. The molecule has 8 heteroatoms. The first kappa shape index (κ1) is 19.5. The standard InChI is InChI=1S/C20H21N3O5/c1-20(2,3)16(24)11-22-15-10-6-8-13(19(25)26)17(15)21-18(22)12-7-4-5-9-14(12)23(27)28/h4-10,16,24H,11H2,1-3H3,(H,25,26)/t16-/m1/s1. The van der Waals surface area contributed by atoms with Gasteiger partial charge in [0.1, 0.15) is 11.3 Å². The Morgan fingerprint density at radius 2 is 1.89 bits per heavy atom. The molecule has 0 radical (unpaired) electrons. The molecular formula is C20H21N3O5. The number of aliphatic hydroxyl groups excluding tert-OH is 1. The number of aromatic carboxylic acids is 1. The van der Waals surface area contributed by atoms with Gasteiger partial charge in [0.25, 0.3) is 5.69 Å². The monoisotopic (exact) mass is 383 g/mol. The fourth-order valence-electron chi connectivity index (χ4n) is 2.98. The van der Waals surface area contributed by atoms with E-state index >= 15 is 0 Å². The second-order valence-electron chi connectivity index (χ2n) is 7.68. The minimum atomic E-state index is -1.14. The van der Waals surface area contributed by atoms with E-state index in [-0.39, 0.29) is 34.7 Å². The lowest BCUT2D eigenvalue weighted by Crippen LogP contribution is -2.30. The van der Waals surface area contributed by atoms with E-state index in [9.17, 15) is 25.1 Å². The molecule has 1 aromatic heterocycles. The SMILES string of the molecule is CC(C)(C)[C@H](O)Cn1c(-c2ccccc2[N+](=O)[O-])nc2c(C(=O)O)cccc21. The molecule has 0 amide bonds. The van der Waals surface area contributed by atoms with Crippen molar-refractivity contribution in [1.29, 1.82) is 0 Å². The molecule has 1 atom stereocenters. The van der Waals surface area contributed by atoms with Gasteiger partial charge in [-0.3, -0.25) is 10.1 Å². The molecule has 8 nitrogen and oxygen atoms in total. The Morgan fingerprint density at radius 3 is 2.50 bits per heavy atom. The Kier molecular flexibility index (Phi) is 4.91. The number of fused-ring (bicyclic) bond motifs is 1. The number of rotatable bonds is 5. The lowest BCUT2D eigenvalue weighted by molar-refractivity contribution is -0.384. The van der Waals surface area contributed by atoms with Crippen molar-refractivity contribution in [2.75, 3.05) is 0 Å². The van der Waals surface area contributed by atoms with Gasteiger partial charge in [0.15, 0.2) is 0 Å². The summed E-state index contributed by atoms with van der Waals surface area (Å²) in [5.74, 6) is -0.889. The Bertz CT molecular complexity index is 1070. The van der Waals surface area contributed by atoms with Crippen LogP contribution < -0.4 is 0 Å². The molecule has 0 aliphatic heterocycles. The molecule has 0 saturated carbocycles. The summed E-state index contributed by atoms with van der Waals surface area (Å²) in [6.45, 7) is 5.75. The molecule has 2 N–H and O–H groups in total. The molecule has 3 aromatic rings. The highest BCUT2D eigenvalue weighted by molar-refractivity contribution is 6.02. The minimum Gasteiger partial charge on any atom is -0.478 e. The summed E-state index contributed by atoms with van der Waals surface area (Å²) < 4.78 is 1.65. The Morgan fingerprint density at radius 1 is 1.21 bits per heavy atom. The van der Waals surface area contributed by atoms with Gasteiger partial charge in [-0.15, -0.1) is 0 Å². The van der Waals surface area contributed by atoms with Crippen molar-refractivity contribution in [2.45, 2.75) is 33.4 Å². The van der Waals surface area contributed by atoms with Crippen LogP contribution in [0.1, 0.15) is 31.1 Å². The number of nitro groups is 1. The Hall–Kier alpha value is -3.26. The van der Waals surface area contributed by atoms with E-state index in [2.05, 4.69) is 4.98 Å². The molecule has 0 bridgehead atoms. The maximum atomic E-state index is 11.6. The van der Waals surface area contributed by atoms with Gasteiger partial charge in [0.05, 0.1) is 34.2 Å². The zero-order chi connectivity index (χ0) is 20.6. The number of hydrogen-bond donors (Lipinski definition) is 2. The third kappa shape index (κ3) is 3.46. The van der Waals surface area contributed by atoms with E-state index in [1.807, 2.05) is 20.8 Å². The number of imidazole rings is 1. The van der Waals surface area contributed by atoms with Gasteiger partial charge in [0, 0.05) is 6.07 Å². The van der Waals surface area contributed by atoms with Crippen LogP contribution >= 0.6 is 0 Å². The van der Waals surface area contributed by atoms with Crippen LogP contribution in [-0.2, 0) is 6.54 Å². The fourth-order valence-corrected chi connectivity index (χ4v) is 2.98. The predicted molar refractivity (Wildman–Crippen MR) is 104 cm³/mol. The van der Waals surface area contributed by atoms with Gasteiger partial charge < -0.3 is 14.8 Å². The van der Waals surface area contributed by atoms with E-state index < -0.39 is 22.4 Å². The number of carboxylic acid groups (broad SMARTS) is 1. The van der Waals surface area contributed by atoms with E-state index in [4.69, 9.17) is 0 Å². The second kappa shape index (κ2) is 7.05. The van der Waals surface area contributed by atoms with Crippen molar-refractivity contribution < 1.29 is 19.9 Å². The summed E-state index contributed by atoms with van der Waals surface area (Å²) in [4.78, 5) is 27.1. The molecule has 0 aliphatic carbocycles. The average molecular weight is 383 g/mol. The van der Waals surface area contributed by atoms with Crippen molar-refractivity contribution in [1.82, 2.24) is 9.55 Å². The van der Waals surface area contributed by atoms with E-state index in [0.29, 0.717) is 5.52 Å². The van der Waals surface area contributed by atoms with Crippen LogP contribution in [0.15, 0.2) is 42.5 Å². The number of carboxylic acids is 1. The number of carbonyl (C=O) groups is 1. The first-order chi connectivity index (χ1) is 13.1. The number of hydrogen-bond acceptors (Lipinski definition) is 5. The average Bonchev–Trinajstić information content (AvgIpc) is 2.99. The maximum absolute atomic E-state index is 11.6. The van der Waals surface area contributed by atoms with Crippen molar-refractivity contribution in [3.8, 4) is 11.4 Å². The molecule has 1 heterocycles. The highest BCUT2D eigenvalue weighted by atomic mass is 16.6. The van der Waals surface area contributed by atoms with Crippen LogP contribution in [0.2, 0.25) is 0 Å². The lowest BCUT2D eigenvalue weighted by atomic mass is 9.89. The minimum absolute atomic E-state index is 0.00123. The molecule has 2 aromatic carbocycles. The third-order valence-electron chi connectivity index (χ3n) is 4.71. The van der Waals surface area contributed by atoms with Crippen LogP contribution in [0.4, 0.5) is 5.69 Å². The number of benzene rings is 2. The van der Waals surface area contributed by atoms with E-state index in [0.717, 1.165) is 0 Å². The normalized spacial score (nSPS) is 12.9. The summed E-state index contributed by atoms with van der Waals surface area (Å²) in [5, 5.41) is 31.7. The largest absolute Gasteiger partial charge is 0.478 e. The topological polar surface area (TPSA) is 118 Å². The van der Waals surface area contributed by atoms with Crippen molar-refractivity contribution in [3.63, 3.8) is 0 Å². The summed E-state index contributed by atoms with van der Waals surface area (Å²) >= 11 is 0. The molecule has 3 rings (SSSR count). The molecule has 146 valence electrons. The highest BCUT2D eigenvalue weighted by Gasteiger charge is 2.28. The number of aliphatic hydroxyl groups is 1. The van der Waals surface area contributed by atoms with Crippen LogP contribution in [0.5, 0.6) is 0 Å². The first-order valence-electron chi connectivity index (χ1n) is 8.75. The smallest absolute Gasteiger partial charge is 0.337 e. The van der Waals surface area contributed by atoms with Crippen LogP contribution in [0.25, 0.3) is 22.4 Å². The Labute approximate surface area is 161 Å². The zero-order valence-corrected chi connectivity index (χ0v) is 15.8. The van der Waals surface area contributed by atoms with Crippen molar-refractivity contribution >= 4 is 22.7 Å². The summed E-state index contributed by atoms with van der Waals surface area (Å²) in [5.41, 5.74) is 0.408. The molecule has 0 unspecified atom stereocenters. The van der Waals surface area contributed by atoms with Crippen molar-refractivity contribution in [2.24, 2.45) is 5.41 Å². The number of aromatic nitrogens is 2. The zero-order valence-electron chi connectivity index (χ0n) is 15.8. The highest BCUT2D eigenvalue weighted by Crippen LogP contribution is 2.34. The van der Waals surface area contributed by atoms with Gasteiger partial charge >= 0.3 is 5.97 Å². The summed E-state index contributed by atoms with van der Waals surface area (Å²) in [6, 6.07) is 10.9. The van der Waals surface area contributed by atoms with Crippen LogP contribution in [0.3, 0.4) is 0 Å². The van der Waals surface area contributed by atoms with Crippen LogP contribution in [0, 0.1) is 15.5 Å². The quantitative estimate of drug-likeness (QED) is 0.512. The second-order valence-corrected chi connectivity index (χ2v) is 7.68. The fraction of sp³-hybridized carbons (Fsp3) is 0.300. The van der Waals surface area contributed by atoms with Crippen molar-refractivity contribution in [3.05, 3.63) is 58.1 Å². The van der Waals surface area contributed by atoms with Gasteiger partial charge in [-0.25, -0.2) is 9.78 Å². The van der Waals surface area contributed by atoms with Gasteiger partial charge in [0.2, 0.25) is 0 Å². The first-order valence-corrected chi connectivity index (χ1v) is 8.75. The van der Waals surface area contributed by atoms with Gasteiger partial charge in [-0.1, -0.05) is 39.0 Å². The molecule has 0 aliphatic rings. The van der Waals surface area contributed by atoms with Gasteiger partial charge in [-0.05, 0) is 23.6 Å². The molecule has 0 saturated heterocycles. The van der Waals surface area contributed by atoms with Crippen LogP contribution in [-0.4, -0.2) is 36.8 Å². The molecule has 0 spiro atoms. The summed E-state index contributed by atoms with van der Waals surface area (Å²) in [7, 11) is 0. The Balaban J connectivity index is 2.33. The number of para-hydroxylation sites is 2. The maximum Gasteiger partial charge on any atom is 0.337 e. The van der Waals surface area contributed by atoms with E-state index in [1.165, 1.54) is 12.1 Å². The molecule has 0 fully saturated rings. The third-order valence-corrected chi connectivity index (χ3v) is 4.71. The van der Waals surface area contributed by atoms with E-state index in [1.54, 1.807) is 34.9 Å². The number of nitrogens with zero attached hydrogens (tertiary/aromatic N) is 3. The van der Waals surface area contributed by atoms with Gasteiger partial charge in [-0.2, -0.15) is 0 Å². The lowest BCUT2D eigenvalue weighted by Gasteiger charge is -2.27.